The molecule has 0 aromatic carbocycles. The van der Waals surface area contributed by atoms with Gasteiger partial charge in [-0.15, -0.1) is 11.3 Å². The predicted molar refractivity (Wildman–Crippen MR) is 84.3 cm³/mol. The predicted octanol–water partition coefficient (Wildman–Crippen LogP) is 5.05. The molecule has 0 radical (unpaired) electrons. The third-order valence-electron chi connectivity index (χ3n) is 4.50. The molecule has 3 heteroatoms. The fraction of sp³-hybridized carbons (Fsp3) is 0.733. The largest absolute Gasteiger partial charge is 0.330 e. The van der Waals surface area contributed by atoms with Crippen molar-refractivity contribution in [2.75, 3.05) is 6.54 Å². The summed E-state index contributed by atoms with van der Waals surface area (Å²) in [5.41, 5.74) is 7.93. The minimum Gasteiger partial charge on any atom is -0.330 e. The van der Waals surface area contributed by atoms with Crippen molar-refractivity contribution in [3.05, 3.63) is 20.3 Å². The number of rotatable bonds is 5. The highest BCUT2D eigenvalue weighted by molar-refractivity contribution is 9.11. The van der Waals surface area contributed by atoms with Crippen molar-refractivity contribution < 1.29 is 0 Å². The Bertz CT molecular complexity index is 374. The minimum absolute atomic E-state index is 0.549. The van der Waals surface area contributed by atoms with Gasteiger partial charge in [0, 0.05) is 4.88 Å². The third-order valence-corrected chi connectivity index (χ3v) is 6.10. The lowest BCUT2D eigenvalue weighted by molar-refractivity contribution is 0.161. The molecule has 0 saturated heterocycles. The lowest BCUT2D eigenvalue weighted by atomic mass is 9.68. The molecular formula is C15H24BrNS. The van der Waals surface area contributed by atoms with Crippen LogP contribution in [0.5, 0.6) is 0 Å². The van der Waals surface area contributed by atoms with Crippen LogP contribution < -0.4 is 5.73 Å². The van der Waals surface area contributed by atoms with Gasteiger partial charge in [0.25, 0.3) is 0 Å². The van der Waals surface area contributed by atoms with E-state index in [4.69, 9.17) is 5.73 Å². The SMILES string of the molecule is Cc1sc(Br)cc1CCC1(CCN)CCCCC1. The van der Waals surface area contributed by atoms with Gasteiger partial charge in [-0.05, 0) is 78.5 Å². The molecule has 1 saturated carbocycles. The summed E-state index contributed by atoms with van der Waals surface area (Å²) in [6.45, 7) is 3.09. The van der Waals surface area contributed by atoms with Crippen LogP contribution >= 0.6 is 27.3 Å². The van der Waals surface area contributed by atoms with E-state index in [0.717, 1.165) is 6.54 Å². The molecular weight excluding hydrogens is 306 g/mol. The van der Waals surface area contributed by atoms with Gasteiger partial charge in [-0.1, -0.05) is 19.3 Å². The number of halogens is 1. The summed E-state index contributed by atoms with van der Waals surface area (Å²) in [5.74, 6) is 0. The summed E-state index contributed by atoms with van der Waals surface area (Å²) in [7, 11) is 0. The second-order valence-corrected chi connectivity index (χ2v) is 8.37. The maximum Gasteiger partial charge on any atom is 0.0704 e. The number of thiophene rings is 1. The highest BCUT2D eigenvalue weighted by atomic mass is 79.9. The molecule has 1 fully saturated rings. The molecule has 1 aliphatic rings. The van der Waals surface area contributed by atoms with E-state index in [9.17, 15) is 0 Å². The number of nitrogens with two attached hydrogens (primary N) is 1. The van der Waals surface area contributed by atoms with Crippen molar-refractivity contribution in [3.8, 4) is 0 Å². The minimum atomic E-state index is 0.549. The number of aryl methyl sites for hydroxylation is 2. The van der Waals surface area contributed by atoms with Crippen molar-refractivity contribution in [3.63, 3.8) is 0 Å². The first-order chi connectivity index (χ1) is 8.65. The fourth-order valence-electron chi connectivity index (χ4n) is 3.36. The average molecular weight is 330 g/mol. The Morgan fingerprint density at radius 2 is 2.00 bits per heavy atom. The van der Waals surface area contributed by atoms with E-state index in [2.05, 4.69) is 28.9 Å². The Hall–Kier alpha value is 0.140. The first-order valence-electron chi connectivity index (χ1n) is 7.10. The summed E-state index contributed by atoms with van der Waals surface area (Å²) >= 11 is 5.45. The Morgan fingerprint density at radius 1 is 1.28 bits per heavy atom. The molecule has 0 bridgehead atoms. The Balaban J connectivity index is 1.99. The topological polar surface area (TPSA) is 26.0 Å². The van der Waals surface area contributed by atoms with E-state index in [-0.39, 0.29) is 0 Å². The van der Waals surface area contributed by atoms with Gasteiger partial charge < -0.3 is 5.73 Å². The van der Waals surface area contributed by atoms with Crippen LogP contribution in [0.4, 0.5) is 0 Å². The quantitative estimate of drug-likeness (QED) is 0.803. The van der Waals surface area contributed by atoms with Crippen molar-refractivity contribution in [1.29, 1.82) is 0 Å². The summed E-state index contributed by atoms with van der Waals surface area (Å²) < 4.78 is 1.27. The van der Waals surface area contributed by atoms with E-state index in [0.29, 0.717) is 5.41 Å². The molecule has 1 aliphatic carbocycles. The van der Waals surface area contributed by atoms with Gasteiger partial charge in [0.1, 0.15) is 0 Å². The van der Waals surface area contributed by atoms with Crippen LogP contribution in [0.3, 0.4) is 0 Å². The van der Waals surface area contributed by atoms with Gasteiger partial charge in [-0.25, -0.2) is 0 Å². The summed E-state index contributed by atoms with van der Waals surface area (Å²) in [6, 6.07) is 2.30. The lowest BCUT2D eigenvalue weighted by Gasteiger charge is -2.37. The van der Waals surface area contributed by atoms with Gasteiger partial charge in [-0.3, -0.25) is 0 Å². The Morgan fingerprint density at radius 3 is 2.56 bits per heavy atom. The molecule has 0 unspecified atom stereocenters. The fourth-order valence-corrected chi connectivity index (χ4v) is 5.15. The van der Waals surface area contributed by atoms with Crippen LogP contribution in [-0.2, 0) is 6.42 Å². The molecule has 2 N–H and O–H groups in total. The molecule has 1 aromatic heterocycles. The second kappa shape index (κ2) is 6.53. The maximum atomic E-state index is 5.84. The summed E-state index contributed by atoms with van der Waals surface area (Å²) in [5, 5.41) is 0. The summed E-state index contributed by atoms with van der Waals surface area (Å²) in [6.07, 6.45) is 10.8. The van der Waals surface area contributed by atoms with Crippen LogP contribution in [0.1, 0.15) is 55.4 Å². The zero-order valence-electron chi connectivity index (χ0n) is 11.3. The van der Waals surface area contributed by atoms with Gasteiger partial charge in [0.2, 0.25) is 0 Å². The van der Waals surface area contributed by atoms with Gasteiger partial charge >= 0.3 is 0 Å². The van der Waals surface area contributed by atoms with Crippen LogP contribution in [-0.4, -0.2) is 6.54 Å². The van der Waals surface area contributed by atoms with E-state index < -0.39 is 0 Å². The van der Waals surface area contributed by atoms with Crippen molar-refractivity contribution in [2.24, 2.45) is 11.1 Å². The molecule has 1 aromatic rings. The first-order valence-corrected chi connectivity index (χ1v) is 8.71. The molecule has 0 spiro atoms. The second-order valence-electron chi connectivity index (χ2n) is 5.73. The standard InChI is InChI=1S/C15H24BrNS/c1-12-13(11-14(16)18-12)5-8-15(9-10-17)6-3-2-4-7-15/h11H,2-10,17H2,1H3. The van der Waals surface area contributed by atoms with E-state index >= 15 is 0 Å². The zero-order valence-corrected chi connectivity index (χ0v) is 13.7. The van der Waals surface area contributed by atoms with E-state index in [1.165, 1.54) is 65.6 Å². The van der Waals surface area contributed by atoms with Gasteiger partial charge in [0.15, 0.2) is 0 Å². The third kappa shape index (κ3) is 3.58. The molecule has 0 aliphatic heterocycles. The molecule has 0 amide bonds. The number of hydrogen-bond acceptors (Lipinski definition) is 2. The van der Waals surface area contributed by atoms with Crippen LogP contribution in [0.25, 0.3) is 0 Å². The van der Waals surface area contributed by atoms with Crippen molar-refractivity contribution >= 4 is 27.3 Å². The lowest BCUT2D eigenvalue weighted by Crippen LogP contribution is -2.28. The summed E-state index contributed by atoms with van der Waals surface area (Å²) in [4.78, 5) is 1.47. The zero-order chi connectivity index (χ0) is 13.0. The Kier molecular flexibility index (Phi) is 5.28. The molecule has 0 atom stereocenters. The van der Waals surface area contributed by atoms with E-state index in [1.807, 2.05) is 11.3 Å². The number of hydrogen-bond donors (Lipinski definition) is 1. The molecule has 2 rings (SSSR count). The van der Waals surface area contributed by atoms with Gasteiger partial charge in [0.05, 0.1) is 3.79 Å². The maximum absolute atomic E-state index is 5.84. The molecule has 102 valence electrons. The van der Waals surface area contributed by atoms with Crippen molar-refractivity contribution in [1.82, 2.24) is 0 Å². The molecule has 1 nitrogen and oxygen atoms in total. The smallest absolute Gasteiger partial charge is 0.0704 e. The highest BCUT2D eigenvalue weighted by Crippen LogP contribution is 2.43. The molecule has 1 heterocycles. The van der Waals surface area contributed by atoms with Crippen LogP contribution in [0, 0.1) is 12.3 Å². The normalized spacial score (nSPS) is 19.1. The highest BCUT2D eigenvalue weighted by Gasteiger charge is 2.30. The van der Waals surface area contributed by atoms with E-state index in [1.54, 1.807) is 0 Å². The molecule has 18 heavy (non-hydrogen) atoms. The van der Waals surface area contributed by atoms with Gasteiger partial charge in [-0.2, -0.15) is 0 Å². The Labute approximate surface area is 123 Å². The first kappa shape index (κ1) is 14.5. The average Bonchev–Trinajstić information content (AvgIpc) is 2.67. The monoisotopic (exact) mass is 329 g/mol. The van der Waals surface area contributed by atoms with Crippen LogP contribution in [0.2, 0.25) is 0 Å². The van der Waals surface area contributed by atoms with Crippen LogP contribution in [0.15, 0.2) is 9.85 Å². The van der Waals surface area contributed by atoms with Crippen molar-refractivity contribution in [2.45, 2.75) is 58.3 Å².